The first-order valence-electron chi connectivity index (χ1n) is 6.91. The lowest BCUT2D eigenvalue weighted by Gasteiger charge is -2.04. The Bertz CT molecular complexity index is 772. The van der Waals surface area contributed by atoms with Crippen LogP contribution in [0, 0.1) is 11.3 Å². The summed E-state index contributed by atoms with van der Waals surface area (Å²) in [7, 11) is 0. The molecule has 0 fully saturated rings. The summed E-state index contributed by atoms with van der Waals surface area (Å²) in [6, 6.07) is 15.9. The van der Waals surface area contributed by atoms with Gasteiger partial charge in [-0.25, -0.2) is 4.98 Å². The summed E-state index contributed by atoms with van der Waals surface area (Å²) in [5, 5.41) is 13.0. The van der Waals surface area contributed by atoms with E-state index in [0.29, 0.717) is 6.42 Å². The lowest BCUT2D eigenvalue weighted by atomic mass is 10.1. The van der Waals surface area contributed by atoms with Gasteiger partial charge in [0, 0.05) is 23.0 Å². The first-order chi connectivity index (χ1) is 10.8. The van der Waals surface area contributed by atoms with Gasteiger partial charge in [-0.2, -0.15) is 5.26 Å². The Labute approximate surface area is 133 Å². The topological polar surface area (TPSA) is 61.6 Å². The van der Waals surface area contributed by atoms with Crippen LogP contribution in [0.2, 0.25) is 0 Å². The third-order valence-corrected chi connectivity index (χ3v) is 4.16. The van der Waals surface area contributed by atoms with Crippen LogP contribution in [0.1, 0.15) is 10.4 Å². The second-order valence-electron chi connectivity index (χ2n) is 4.73. The van der Waals surface area contributed by atoms with Crippen molar-refractivity contribution in [3.05, 3.63) is 65.3 Å². The minimum atomic E-state index is 0.447. The SMILES string of the molecule is N#CCc1ccc(NCc2cnc(-c3ccccn3)s2)cc1. The number of rotatable bonds is 5. The molecule has 2 aromatic heterocycles. The molecule has 0 saturated heterocycles. The van der Waals surface area contributed by atoms with Crippen LogP contribution in [-0.4, -0.2) is 9.97 Å². The van der Waals surface area contributed by atoms with Crippen molar-refractivity contribution < 1.29 is 0 Å². The molecular formula is C17H14N4S. The molecule has 0 aliphatic rings. The number of hydrogen-bond acceptors (Lipinski definition) is 5. The molecule has 0 atom stereocenters. The zero-order chi connectivity index (χ0) is 15.2. The highest BCUT2D eigenvalue weighted by Gasteiger charge is 2.05. The summed E-state index contributed by atoms with van der Waals surface area (Å²) >= 11 is 1.64. The second-order valence-corrected chi connectivity index (χ2v) is 5.85. The highest BCUT2D eigenvalue weighted by molar-refractivity contribution is 7.15. The fraction of sp³-hybridized carbons (Fsp3) is 0.118. The fourth-order valence-corrected chi connectivity index (χ4v) is 2.85. The molecule has 0 unspecified atom stereocenters. The predicted octanol–water partition coefficient (Wildman–Crippen LogP) is 3.88. The number of pyridine rings is 1. The van der Waals surface area contributed by atoms with Gasteiger partial charge in [0.1, 0.15) is 5.01 Å². The van der Waals surface area contributed by atoms with Crippen LogP contribution in [0.4, 0.5) is 5.69 Å². The Kier molecular flexibility index (Phi) is 4.42. The quantitative estimate of drug-likeness (QED) is 0.777. The molecule has 3 aromatic rings. The lowest BCUT2D eigenvalue weighted by molar-refractivity contribution is 1.17. The summed E-state index contributed by atoms with van der Waals surface area (Å²) < 4.78 is 0. The molecule has 0 aliphatic heterocycles. The minimum absolute atomic E-state index is 0.447. The van der Waals surface area contributed by atoms with Crippen LogP contribution in [0.15, 0.2) is 54.9 Å². The minimum Gasteiger partial charge on any atom is -0.380 e. The Hall–Kier alpha value is -2.71. The van der Waals surface area contributed by atoms with Gasteiger partial charge in [-0.1, -0.05) is 18.2 Å². The molecule has 0 radical (unpaired) electrons. The second kappa shape index (κ2) is 6.83. The number of aromatic nitrogens is 2. The molecule has 0 bridgehead atoms. The normalized spacial score (nSPS) is 10.1. The van der Waals surface area contributed by atoms with Gasteiger partial charge in [-0.05, 0) is 29.8 Å². The Balaban J connectivity index is 1.62. The van der Waals surface area contributed by atoms with Crippen LogP contribution < -0.4 is 5.32 Å². The molecule has 22 heavy (non-hydrogen) atoms. The molecule has 0 saturated carbocycles. The predicted molar refractivity (Wildman–Crippen MR) is 88.4 cm³/mol. The smallest absolute Gasteiger partial charge is 0.142 e. The van der Waals surface area contributed by atoms with E-state index in [4.69, 9.17) is 5.26 Å². The van der Waals surface area contributed by atoms with Crippen molar-refractivity contribution in [2.45, 2.75) is 13.0 Å². The average Bonchev–Trinajstić information content (AvgIpc) is 3.04. The monoisotopic (exact) mass is 306 g/mol. The molecular weight excluding hydrogens is 292 g/mol. The maximum Gasteiger partial charge on any atom is 0.142 e. The first kappa shape index (κ1) is 14.2. The van der Waals surface area contributed by atoms with Gasteiger partial charge in [-0.15, -0.1) is 11.3 Å². The summed E-state index contributed by atoms with van der Waals surface area (Å²) in [5.41, 5.74) is 2.97. The Morgan fingerprint density at radius 3 is 2.68 bits per heavy atom. The van der Waals surface area contributed by atoms with E-state index in [1.165, 1.54) is 0 Å². The molecule has 0 spiro atoms. The van der Waals surface area contributed by atoms with Gasteiger partial charge >= 0.3 is 0 Å². The molecule has 4 nitrogen and oxygen atoms in total. The van der Waals surface area contributed by atoms with Crippen molar-refractivity contribution in [2.75, 3.05) is 5.32 Å². The van der Waals surface area contributed by atoms with Crippen molar-refractivity contribution in [2.24, 2.45) is 0 Å². The van der Waals surface area contributed by atoms with Crippen LogP contribution in [0.25, 0.3) is 10.7 Å². The zero-order valence-corrected chi connectivity index (χ0v) is 12.7. The molecule has 1 aromatic carbocycles. The Morgan fingerprint density at radius 1 is 1.09 bits per heavy atom. The highest BCUT2D eigenvalue weighted by atomic mass is 32.1. The van der Waals surface area contributed by atoms with E-state index in [1.807, 2.05) is 48.7 Å². The van der Waals surface area contributed by atoms with E-state index in [0.717, 1.165) is 33.4 Å². The van der Waals surface area contributed by atoms with Crippen LogP contribution in [0.5, 0.6) is 0 Å². The molecule has 3 rings (SSSR count). The number of nitriles is 1. The number of nitrogens with one attached hydrogen (secondary N) is 1. The van der Waals surface area contributed by atoms with Crippen molar-refractivity contribution in [3.63, 3.8) is 0 Å². The third kappa shape index (κ3) is 3.48. The molecule has 2 heterocycles. The van der Waals surface area contributed by atoms with E-state index in [2.05, 4.69) is 21.4 Å². The Morgan fingerprint density at radius 2 is 1.95 bits per heavy atom. The van der Waals surface area contributed by atoms with Crippen LogP contribution >= 0.6 is 11.3 Å². The zero-order valence-electron chi connectivity index (χ0n) is 11.9. The number of nitrogens with zero attached hydrogens (tertiary/aromatic N) is 3. The van der Waals surface area contributed by atoms with Crippen molar-refractivity contribution >= 4 is 17.0 Å². The van der Waals surface area contributed by atoms with Crippen LogP contribution in [0.3, 0.4) is 0 Å². The summed E-state index contributed by atoms with van der Waals surface area (Å²) in [6.07, 6.45) is 4.10. The standard InChI is InChI=1S/C17H14N4S/c18-9-8-13-4-6-14(7-5-13)20-11-15-12-21-17(22-15)16-3-1-2-10-19-16/h1-7,10,12,20H,8,11H2. The highest BCUT2D eigenvalue weighted by Crippen LogP contribution is 2.23. The van der Waals surface area contributed by atoms with Crippen molar-refractivity contribution in [1.82, 2.24) is 9.97 Å². The lowest BCUT2D eigenvalue weighted by Crippen LogP contribution is -1.97. The van der Waals surface area contributed by atoms with E-state index in [1.54, 1.807) is 17.5 Å². The molecule has 0 aliphatic carbocycles. The molecule has 108 valence electrons. The average molecular weight is 306 g/mol. The van der Waals surface area contributed by atoms with E-state index >= 15 is 0 Å². The van der Waals surface area contributed by atoms with Crippen molar-refractivity contribution in [1.29, 1.82) is 5.26 Å². The number of hydrogen-bond donors (Lipinski definition) is 1. The third-order valence-electron chi connectivity index (χ3n) is 3.14. The van der Waals surface area contributed by atoms with Gasteiger partial charge < -0.3 is 5.32 Å². The number of thiazole rings is 1. The summed E-state index contributed by atoms with van der Waals surface area (Å²) in [6.45, 7) is 0.724. The van der Waals surface area contributed by atoms with Gasteiger partial charge in [0.25, 0.3) is 0 Å². The molecule has 0 amide bonds. The van der Waals surface area contributed by atoms with E-state index in [-0.39, 0.29) is 0 Å². The largest absolute Gasteiger partial charge is 0.380 e. The maximum absolute atomic E-state index is 8.66. The van der Waals surface area contributed by atoms with E-state index < -0.39 is 0 Å². The molecule has 1 N–H and O–H groups in total. The van der Waals surface area contributed by atoms with Crippen LogP contribution in [-0.2, 0) is 13.0 Å². The van der Waals surface area contributed by atoms with Gasteiger partial charge in [-0.3, -0.25) is 4.98 Å². The summed E-state index contributed by atoms with van der Waals surface area (Å²) in [5.74, 6) is 0. The van der Waals surface area contributed by atoms with Gasteiger partial charge in [0.2, 0.25) is 0 Å². The van der Waals surface area contributed by atoms with Gasteiger partial charge in [0.05, 0.1) is 24.7 Å². The molecule has 5 heteroatoms. The van der Waals surface area contributed by atoms with E-state index in [9.17, 15) is 0 Å². The first-order valence-corrected chi connectivity index (χ1v) is 7.72. The van der Waals surface area contributed by atoms with Gasteiger partial charge in [0.15, 0.2) is 0 Å². The number of anilines is 1. The summed E-state index contributed by atoms with van der Waals surface area (Å²) in [4.78, 5) is 9.88. The van der Waals surface area contributed by atoms with Crippen molar-refractivity contribution in [3.8, 4) is 16.8 Å². The number of benzene rings is 1. The maximum atomic E-state index is 8.66. The fourth-order valence-electron chi connectivity index (χ4n) is 2.02.